The van der Waals surface area contributed by atoms with Gasteiger partial charge in [-0.15, -0.1) is 0 Å². The van der Waals surface area contributed by atoms with Crippen LogP contribution in [0.15, 0.2) is 24.3 Å². The Balaban J connectivity index is 2.63. The molecule has 0 saturated heterocycles. The normalized spacial score (nSPS) is 12.4. The maximum Gasteiger partial charge on any atom is 0.272 e. The van der Waals surface area contributed by atoms with Gasteiger partial charge in [0, 0.05) is 17.7 Å². The number of nitro benzene ring substituents is 1. The third-order valence-electron chi connectivity index (χ3n) is 2.59. The average Bonchev–Trinajstić information content (AvgIpc) is 2.27. The predicted octanol–water partition coefficient (Wildman–Crippen LogP) is 2.53. The van der Waals surface area contributed by atoms with Gasteiger partial charge in [0.1, 0.15) is 0 Å². The summed E-state index contributed by atoms with van der Waals surface area (Å²) in [5.41, 5.74) is 1.04. The van der Waals surface area contributed by atoms with E-state index in [4.69, 9.17) is 0 Å². The van der Waals surface area contributed by atoms with Gasteiger partial charge in [0.25, 0.3) is 5.69 Å². The highest BCUT2D eigenvalue weighted by Gasteiger charge is 2.12. The molecule has 88 valence electrons. The average molecular weight is 222 g/mol. The van der Waals surface area contributed by atoms with Crippen molar-refractivity contribution in [2.24, 2.45) is 0 Å². The predicted molar refractivity (Wildman–Crippen MR) is 64.6 cm³/mol. The van der Waals surface area contributed by atoms with Crippen molar-refractivity contribution in [3.63, 3.8) is 0 Å². The number of benzene rings is 1. The fraction of sp³-hybridized carbons (Fsp3) is 0.500. The zero-order chi connectivity index (χ0) is 12.0. The van der Waals surface area contributed by atoms with E-state index < -0.39 is 0 Å². The van der Waals surface area contributed by atoms with Gasteiger partial charge in [-0.05, 0) is 26.3 Å². The summed E-state index contributed by atoms with van der Waals surface area (Å²) >= 11 is 0. The summed E-state index contributed by atoms with van der Waals surface area (Å²) in [6.45, 7) is 5.08. The minimum atomic E-state index is -0.312. The van der Waals surface area contributed by atoms with Crippen LogP contribution in [0.1, 0.15) is 25.8 Å². The van der Waals surface area contributed by atoms with E-state index in [1.165, 1.54) is 0 Å². The van der Waals surface area contributed by atoms with E-state index in [9.17, 15) is 10.1 Å². The van der Waals surface area contributed by atoms with Crippen LogP contribution in [0, 0.1) is 10.1 Å². The van der Waals surface area contributed by atoms with E-state index in [0.717, 1.165) is 24.9 Å². The molecule has 1 aromatic carbocycles. The number of rotatable bonds is 6. The number of hydrogen-bond donors (Lipinski definition) is 1. The quantitative estimate of drug-likeness (QED) is 0.594. The van der Waals surface area contributed by atoms with Gasteiger partial charge in [-0.2, -0.15) is 0 Å². The first-order valence-electron chi connectivity index (χ1n) is 5.60. The van der Waals surface area contributed by atoms with E-state index in [0.29, 0.717) is 6.04 Å². The molecule has 0 aliphatic heterocycles. The molecule has 0 aliphatic rings. The van der Waals surface area contributed by atoms with Crippen LogP contribution in [0.4, 0.5) is 5.69 Å². The molecule has 4 heteroatoms. The molecule has 0 fully saturated rings. The van der Waals surface area contributed by atoms with Crippen molar-refractivity contribution < 1.29 is 4.92 Å². The van der Waals surface area contributed by atoms with Crippen molar-refractivity contribution in [1.29, 1.82) is 0 Å². The lowest BCUT2D eigenvalue weighted by Gasteiger charge is -2.11. The van der Waals surface area contributed by atoms with Crippen LogP contribution in [0.5, 0.6) is 0 Å². The zero-order valence-electron chi connectivity index (χ0n) is 9.77. The number of nitro groups is 1. The van der Waals surface area contributed by atoms with Gasteiger partial charge >= 0.3 is 0 Å². The van der Waals surface area contributed by atoms with Gasteiger partial charge in [-0.1, -0.05) is 25.1 Å². The van der Waals surface area contributed by atoms with Gasteiger partial charge in [0.2, 0.25) is 0 Å². The summed E-state index contributed by atoms with van der Waals surface area (Å²) in [5.74, 6) is 0. The minimum Gasteiger partial charge on any atom is -0.315 e. The Kier molecular flexibility index (Phi) is 4.92. The molecule has 0 heterocycles. The van der Waals surface area contributed by atoms with Crippen LogP contribution in [-0.2, 0) is 6.42 Å². The van der Waals surface area contributed by atoms with E-state index in [-0.39, 0.29) is 10.6 Å². The monoisotopic (exact) mass is 222 g/mol. The smallest absolute Gasteiger partial charge is 0.272 e. The van der Waals surface area contributed by atoms with Crippen molar-refractivity contribution in [2.75, 3.05) is 6.54 Å². The molecule has 1 unspecified atom stereocenters. The van der Waals surface area contributed by atoms with Crippen LogP contribution < -0.4 is 5.32 Å². The second kappa shape index (κ2) is 6.23. The topological polar surface area (TPSA) is 55.2 Å². The van der Waals surface area contributed by atoms with Crippen molar-refractivity contribution in [1.82, 2.24) is 5.32 Å². The third kappa shape index (κ3) is 3.62. The molecule has 1 atom stereocenters. The minimum absolute atomic E-state index is 0.228. The number of hydrogen-bond acceptors (Lipinski definition) is 3. The molecule has 0 aliphatic carbocycles. The second-order valence-corrected chi connectivity index (χ2v) is 3.88. The Morgan fingerprint density at radius 2 is 2.12 bits per heavy atom. The molecule has 0 spiro atoms. The molecule has 0 radical (unpaired) electrons. The maximum absolute atomic E-state index is 10.8. The van der Waals surface area contributed by atoms with Crippen molar-refractivity contribution >= 4 is 5.69 Å². The standard InChI is InChI=1S/C12H18N2O2/c1-3-13-10(2)8-9-11-6-4-5-7-12(11)14(15)16/h4-7,10,13H,3,8-9H2,1-2H3. The van der Waals surface area contributed by atoms with Crippen LogP contribution in [0.2, 0.25) is 0 Å². The SMILES string of the molecule is CCNC(C)CCc1ccccc1[N+](=O)[O-]. The summed E-state index contributed by atoms with van der Waals surface area (Å²) in [7, 11) is 0. The van der Waals surface area contributed by atoms with E-state index in [2.05, 4.69) is 19.2 Å². The highest BCUT2D eigenvalue weighted by Crippen LogP contribution is 2.19. The van der Waals surface area contributed by atoms with Gasteiger partial charge < -0.3 is 5.32 Å². The Hall–Kier alpha value is -1.42. The largest absolute Gasteiger partial charge is 0.315 e. The van der Waals surface area contributed by atoms with Crippen molar-refractivity contribution in [2.45, 2.75) is 32.7 Å². The third-order valence-corrected chi connectivity index (χ3v) is 2.59. The lowest BCUT2D eigenvalue weighted by molar-refractivity contribution is -0.385. The molecule has 4 nitrogen and oxygen atoms in total. The van der Waals surface area contributed by atoms with Crippen LogP contribution >= 0.6 is 0 Å². The number of nitrogens with one attached hydrogen (secondary N) is 1. The molecule has 0 saturated carbocycles. The van der Waals surface area contributed by atoms with E-state index >= 15 is 0 Å². The molecule has 0 bridgehead atoms. The Bertz CT molecular complexity index is 353. The molecule has 1 rings (SSSR count). The van der Waals surface area contributed by atoms with Crippen LogP contribution in [0.3, 0.4) is 0 Å². The molecule has 0 aromatic heterocycles. The number of nitrogens with zero attached hydrogens (tertiary/aromatic N) is 1. The molecule has 1 aromatic rings. The highest BCUT2D eigenvalue weighted by molar-refractivity contribution is 5.39. The van der Waals surface area contributed by atoms with Gasteiger partial charge in [0.15, 0.2) is 0 Å². The van der Waals surface area contributed by atoms with Gasteiger partial charge in [-0.3, -0.25) is 10.1 Å². The Labute approximate surface area is 95.8 Å². The zero-order valence-corrected chi connectivity index (χ0v) is 9.77. The molecular weight excluding hydrogens is 204 g/mol. The Morgan fingerprint density at radius 3 is 2.75 bits per heavy atom. The van der Waals surface area contributed by atoms with Crippen molar-refractivity contribution in [3.05, 3.63) is 39.9 Å². The molecule has 1 N–H and O–H groups in total. The first-order valence-corrected chi connectivity index (χ1v) is 5.60. The number of para-hydroxylation sites is 1. The van der Waals surface area contributed by atoms with E-state index in [1.807, 2.05) is 12.1 Å². The summed E-state index contributed by atoms with van der Waals surface area (Å²) < 4.78 is 0. The summed E-state index contributed by atoms with van der Waals surface area (Å²) in [6.07, 6.45) is 1.66. The van der Waals surface area contributed by atoms with Gasteiger partial charge in [0.05, 0.1) is 4.92 Å². The fourth-order valence-corrected chi connectivity index (χ4v) is 1.72. The first kappa shape index (κ1) is 12.6. The first-order chi connectivity index (χ1) is 7.65. The lowest BCUT2D eigenvalue weighted by Crippen LogP contribution is -2.25. The maximum atomic E-state index is 10.8. The second-order valence-electron chi connectivity index (χ2n) is 3.88. The molecule has 16 heavy (non-hydrogen) atoms. The fourth-order valence-electron chi connectivity index (χ4n) is 1.72. The molecular formula is C12H18N2O2. The van der Waals surface area contributed by atoms with Crippen LogP contribution in [-0.4, -0.2) is 17.5 Å². The highest BCUT2D eigenvalue weighted by atomic mass is 16.6. The summed E-state index contributed by atoms with van der Waals surface area (Å²) in [6, 6.07) is 7.34. The van der Waals surface area contributed by atoms with Crippen molar-refractivity contribution in [3.8, 4) is 0 Å². The lowest BCUT2D eigenvalue weighted by atomic mass is 10.0. The molecule has 0 amide bonds. The summed E-state index contributed by atoms with van der Waals surface area (Å²) in [5, 5.41) is 14.1. The number of aryl methyl sites for hydroxylation is 1. The van der Waals surface area contributed by atoms with Crippen LogP contribution in [0.25, 0.3) is 0 Å². The Morgan fingerprint density at radius 1 is 1.44 bits per heavy atom. The van der Waals surface area contributed by atoms with Gasteiger partial charge in [-0.25, -0.2) is 0 Å². The van der Waals surface area contributed by atoms with E-state index in [1.54, 1.807) is 12.1 Å². The summed E-state index contributed by atoms with van der Waals surface area (Å²) in [4.78, 5) is 10.5.